The first kappa shape index (κ1) is 18.5. The smallest absolute Gasteiger partial charge is 0.257 e. The monoisotopic (exact) mass is 403 g/mol. The standard InChI is InChI=1S/C18H18BrN3O3/c1-12(13-7-9-14(19)10-8-13)21-22-17(23)11-20-18(24)15-5-3-4-6-16(15)25-2/h3-10,21H,1,11H2,2H3,(H,20,24)(H,22,23). The first-order valence-corrected chi connectivity index (χ1v) is 8.21. The molecule has 0 aliphatic carbocycles. The van der Waals surface area contributed by atoms with Crippen molar-refractivity contribution in [3.05, 3.63) is 70.7 Å². The highest BCUT2D eigenvalue weighted by molar-refractivity contribution is 9.10. The zero-order valence-electron chi connectivity index (χ0n) is 13.6. The highest BCUT2D eigenvalue weighted by Crippen LogP contribution is 2.16. The summed E-state index contributed by atoms with van der Waals surface area (Å²) in [5.74, 6) is -0.344. The number of carbonyl (C=O) groups excluding carboxylic acids is 2. The minimum absolute atomic E-state index is 0.183. The number of halogens is 1. The Morgan fingerprint density at radius 3 is 2.44 bits per heavy atom. The van der Waals surface area contributed by atoms with Crippen molar-refractivity contribution in [3.8, 4) is 5.75 Å². The molecule has 2 rings (SSSR count). The van der Waals surface area contributed by atoms with Gasteiger partial charge in [0.05, 0.1) is 24.9 Å². The van der Waals surface area contributed by atoms with Crippen LogP contribution in [0.3, 0.4) is 0 Å². The third-order valence-corrected chi connectivity index (χ3v) is 3.84. The van der Waals surface area contributed by atoms with Crippen LogP contribution in [-0.2, 0) is 4.79 Å². The van der Waals surface area contributed by atoms with Crippen LogP contribution < -0.4 is 20.9 Å². The van der Waals surface area contributed by atoms with Gasteiger partial charge in [-0.15, -0.1) is 0 Å². The van der Waals surface area contributed by atoms with E-state index in [1.165, 1.54) is 7.11 Å². The summed E-state index contributed by atoms with van der Waals surface area (Å²) in [6.45, 7) is 3.66. The molecular weight excluding hydrogens is 386 g/mol. The molecule has 7 heteroatoms. The topological polar surface area (TPSA) is 79.5 Å². The van der Waals surface area contributed by atoms with Gasteiger partial charge in [-0.2, -0.15) is 0 Å². The van der Waals surface area contributed by atoms with Crippen LogP contribution in [0.25, 0.3) is 5.70 Å². The third kappa shape index (κ3) is 5.36. The molecule has 0 radical (unpaired) electrons. The van der Waals surface area contributed by atoms with Crippen molar-refractivity contribution in [1.29, 1.82) is 0 Å². The zero-order chi connectivity index (χ0) is 18.2. The van der Waals surface area contributed by atoms with Gasteiger partial charge in [-0.1, -0.05) is 46.8 Å². The molecule has 0 aliphatic heterocycles. The Morgan fingerprint density at radius 1 is 1.08 bits per heavy atom. The maximum absolute atomic E-state index is 12.1. The Hall–Kier alpha value is -2.80. The molecule has 2 amide bonds. The van der Waals surface area contributed by atoms with Crippen LogP contribution >= 0.6 is 15.9 Å². The van der Waals surface area contributed by atoms with Crippen LogP contribution in [0.15, 0.2) is 59.6 Å². The number of nitrogens with one attached hydrogen (secondary N) is 3. The van der Waals surface area contributed by atoms with E-state index in [4.69, 9.17) is 4.74 Å². The Labute approximate surface area is 154 Å². The molecule has 0 aliphatic rings. The van der Waals surface area contributed by atoms with Gasteiger partial charge in [-0.05, 0) is 29.8 Å². The second-order valence-corrected chi connectivity index (χ2v) is 5.96. The predicted octanol–water partition coefficient (Wildman–Crippen LogP) is 2.48. The number of hydrogen-bond donors (Lipinski definition) is 3. The maximum atomic E-state index is 12.1. The lowest BCUT2D eigenvalue weighted by molar-refractivity contribution is -0.120. The number of benzene rings is 2. The van der Waals surface area contributed by atoms with Crippen LogP contribution in [0.2, 0.25) is 0 Å². The molecule has 0 saturated carbocycles. The third-order valence-electron chi connectivity index (χ3n) is 3.31. The molecule has 6 nitrogen and oxygen atoms in total. The lowest BCUT2D eigenvalue weighted by Crippen LogP contribution is -2.42. The number of methoxy groups -OCH3 is 1. The summed E-state index contributed by atoms with van der Waals surface area (Å²) in [4.78, 5) is 24.0. The number of hydrogen-bond acceptors (Lipinski definition) is 4. The highest BCUT2D eigenvalue weighted by Gasteiger charge is 2.12. The summed E-state index contributed by atoms with van der Waals surface area (Å²) in [6, 6.07) is 14.2. The van der Waals surface area contributed by atoms with Crippen molar-refractivity contribution in [3.63, 3.8) is 0 Å². The number of hydrazine groups is 1. The summed E-state index contributed by atoms with van der Waals surface area (Å²) < 4.78 is 6.07. The van der Waals surface area contributed by atoms with Crippen molar-refractivity contribution in [2.45, 2.75) is 0 Å². The number of ether oxygens (including phenoxy) is 1. The fraction of sp³-hybridized carbons (Fsp3) is 0.111. The minimum Gasteiger partial charge on any atom is -0.496 e. The van der Waals surface area contributed by atoms with E-state index in [1.807, 2.05) is 24.3 Å². The molecule has 0 atom stereocenters. The van der Waals surface area contributed by atoms with Crippen LogP contribution in [0.5, 0.6) is 5.75 Å². The van der Waals surface area contributed by atoms with Crippen LogP contribution in [0.1, 0.15) is 15.9 Å². The molecule has 0 unspecified atom stereocenters. The fourth-order valence-corrected chi connectivity index (χ4v) is 2.26. The molecule has 2 aromatic carbocycles. The van der Waals surface area contributed by atoms with Crippen LogP contribution in [-0.4, -0.2) is 25.5 Å². The first-order chi connectivity index (χ1) is 12.0. The van der Waals surface area contributed by atoms with E-state index in [9.17, 15) is 9.59 Å². The SMILES string of the molecule is C=C(NNC(=O)CNC(=O)c1ccccc1OC)c1ccc(Br)cc1. The largest absolute Gasteiger partial charge is 0.496 e. The van der Waals surface area contributed by atoms with Crippen molar-refractivity contribution in [2.75, 3.05) is 13.7 Å². The fourth-order valence-electron chi connectivity index (χ4n) is 2.00. The van der Waals surface area contributed by atoms with E-state index in [-0.39, 0.29) is 12.5 Å². The Bertz CT molecular complexity index is 775. The van der Waals surface area contributed by atoms with Gasteiger partial charge in [-0.3, -0.25) is 20.4 Å². The molecule has 0 spiro atoms. The van der Waals surface area contributed by atoms with E-state index in [0.29, 0.717) is 17.0 Å². The quantitative estimate of drug-likeness (QED) is 0.620. The Balaban J connectivity index is 1.81. The highest BCUT2D eigenvalue weighted by atomic mass is 79.9. The molecule has 0 bridgehead atoms. The van der Waals surface area contributed by atoms with Gasteiger partial charge in [-0.25, -0.2) is 0 Å². The van der Waals surface area contributed by atoms with Gasteiger partial charge in [0.1, 0.15) is 5.75 Å². The summed E-state index contributed by atoms with van der Waals surface area (Å²) >= 11 is 3.35. The lowest BCUT2D eigenvalue weighted by atomic mass is 10.2. The maximum Gasteiger partial charge on any atom is 0.257 e. The zero-order valence-corrected chi connectivity index (χ0v) is 15.2. The molecule has 3 N–H and O–H groups in total. The molecule has 0 aromatic heterocycles. The van der Waals surface area contributed by atoms with Gasteiger partial charge in [0.15, 0.2) is 0 Å². The summed E-state index contributed by atoms with van der Waals surface area (Å²) in [5.41, 5.74) is 6.94. The van der Waals surface area contributed by atoms with Gasteiger partial charge in [0.25, 0.3) is 11.8 Å². The second-order valence-electron chi connectivity index (χ2n) is 5.04. The number of rotatable bonds is 7. The van der Waals surface area contributed by atoms with Gasteiger partial charge >= 0.3 is 0 Å². The van der Waals surface area contributed by atoms with Crippen molar-refractivity contribution < 1.29 is 14.3 Å². The molecule has 2 aromatic rings. The average Bonchev–Trinajstić information content (AvgIpc) is 2.64. The molecular formula is C18H18BrN3O3. The van der Waals surface area contributed by atoms with Crippen LogP contribution in [0, 0.1) is 0 Å². The molecule has 0 fully saturated rings. The summed E-state index contributed by atoms with van der Waals surface area (Å²) in [6.07, 6.45) is 0. The number of amides is 2. The number of para-hydroxylation sites is 1. The van der Waals surface area contributed by atoms with Crippen molar-refractivity contribution >= 4 is 33.4 Å². The molecule has 0 saturated heterocycles. The van der Waals surface area contributed by atoms with Gasteiger partial charge < -0.3 is 10.1 Å². The van der Waals surface area contributed by atoms with Crippen molar-refractivity contribution in [2.24, 2.45) is 0 Å². The summed E-state index contributed by atoms with van der Waals surface area (Å²) in [7, 11) is 1.48. The first-order valence-electron chi connectivity index (χ1n) is 7.42. The lowest BCUT2D eigenvalue weighted by Gasteiger charge is -2.12. The van der Waals surface area contributed by atoms with E-state index < -0.39 is 5.91 Å². The molecule has 0 heterocycles. The summed E-state index contributed by atoms with van der Waals surface area (Å²) in [5, 5.41) is 2.54. The van der Waals surface area contributed by atoms with E-state index in [1.54, 1.807) is 24.3 Å². The van der Waals surface area contributed by atoms with E-state index >= 15 is 0 Å². The number of carbonyl (C=O) groups is 2. The van der Waals surface area contributed by atoms with Crippen molar-refractivity contribution in [1.82, 2.24) is 16.2 Å². The van der Waals surface area contributed by atoms with Crippen LogP contribution in [0.4, 0.5) is 0 Å². The molecule has 130 valence electrons. The van der Waals surface area contributed by atoms with Gasteiger partial charge in [0, 0.05) is 4.47 Å². The average molecular weight is 404 g/mol. The normalized spacial score (nSPS) is 9.84. The molecule has 25 heavy (non-hydrogen) atoms. The van der Waals surface area contributed by atoms with E-state index in [2.05, 4.69) is 38.7 Å². The second kappa shape index (κ2) is 8.89. The Kier molecular flexibility index (Phi) is 6.59. The van der Waals surface area contributed by atoms with E-state index in [0.717, 1.165) is 10.0 Å². The minimum atomic E-state index is -0.401. The Morgan fingerprint density at radius 2 is 1.76 bits per heavy atom. The van der Waals surface area contributed by atoms with Gasteiger partial charge in [0.2, 0.25) is 0 Å². The predicted molar refractivity (Wildman–Crippen MR) is 99.8 cm³/mol.